The maximum Gasteiger partial charge on any atom is 0.405 e. The Morgan fingerprint density at radius 3 is 2.51 bits per heavy atom. The number of sulfonamides is 1. The van der Waals surface area contributed by atoms with E-state index < -0.39 is 57.5 Å². The Balaban J connectivity index is 1.49. The first-order valence-electron chi connectivity index (χ1n) is 12.3. The van der Waals surface area contributed by atoms with E-state index in [1.807, 2.05) is 6.92 Å². The van der Waals surface area contributed by atoms with Crippen molar-refractivity contribution >= 4 is 21.6 Å². The van der Waals surface area contributed by atoms with E-state index in [9.17, 15) is 26.4 Å². The summed E-state index contributed by atoms with van der Waals surface area (Å²) in [6, 6.07) is 4.79. The average molecular weight is 573 g/mol. The molecular weight excluding hydrogens is 547 g/mol. The molecule has 1 atom stereocenters. The van der Waals surface area contributed by atoms with E-state index in [2.05, 4.69) is 4.98 Å². The second-order valence-corrected chi connectivity index (χ2v) is 12.0. The molecule has 1 saturated heterocycles. The van der Waals surface area contributed by atoms with Crippen LogP contribution in [0.1, 0.15) is 34.5 Å². The van der Waals surface area contributed by atoms with Gasteiger partial charge in [-0.05, 0) is 49.6 Å². The number of hydrogen-bond donors (Lipinski definition) is 1. The molecule has 8 nitrogen and oxygen atoms in total. The van der Waals surface area contributed by atoms with Gasteiger partial charge in [-0.1, -0.05) is 0 Å². The zero-order chi connectivity index (χ0) is 28.1. The number of amides is 1. The molecule has 1 amide bonds. The number of nitrogens with one attached hydrogen (secondary N) is 1. The molecule has 2 aromatic heterocycles. The molecule has 3 heterocycles. The minimum absolute atomic E-state index is 0.0701. The van der Waals surface area contributed by atoms with Crippen LogP contribution in [0.4, 0.5) is 22.0 Å². The van der Waals surface area contributed by atoms with Gasteiger partial charge in [0.15, 0.2) is 0 Å². The molecule has 1 N–H and O–H groups in total. The Hall–Kier alpha value is -3.10. The maximum absolute atomic E-state index is 15.3. The lowest BCUT2D eigenvalue weighted by Gasteiger charge is -2.32. The van der Waals surface area contributed by atoms with Crippen molar-refractivity contribution in [3.05, 3.63) is 58.9 Å². The number of benzene rings is 1. The van der Waals surface area contributed by atoms with Crippen LogP contribution in [0.5, 0.6) is 0 Å². The molecule has 0 unspecified atom stereocenters. The summed E-state index contributed by atoms with van der Waals surface area (Å²) in [5, 5.41) is 1.20. The van der Waals surface area contributed by atoms with Crippen molar-refractivity contribution < 1.29 is 39.9 Å². The van der Waals surface area contributed by atoms with Crippen LogP contribution in [0, 0.1) is 18.6 Å². The summed E-state index contributed by atoms with van der Waals surface area (Å²) in [6.07, 6.45) is -2.33. The van der Waals surface area contributed by atoms with Gasteiger partial charge < -0.3 is 14.5 Å². The number of pyridine rings is 1. The van der Waals surface area contributed by atoms with Gasteiger partial charge in [-0.15, -0.1) is 0 Å². The van der Waals surface area contributed by atoms with Crippen LogP contribution in [-0.2, 0) is 21.2 Å². The number of carbonyl (C=O) groups excluding carboxylic acids is 1. The Kier molecular flexibility index (Phi) is 7.14. The van der Waals surface area contributed by atoms with Crippen LogP contribution in [-0.4, -0.2) is 71.8 Å². The lowest BCUT2D eigenvalue weighted by atomic mass is 10.0. The zero-order valence-electron chi connectivity index (χ0n) is 20.8. The molecule has 39 heavy (non-hydrogen) atoms. The highest BCUT2D eigenvalue weighted by Crippen LogP contribution is 2.34. The number of carbonyl (C=O) groups is 1. The summed E-state index contributed by atoms with van der Waals surface area (Å²) >= 11 is 0. The van der Waals surface area contributed by atoms with E-state index in [1.54, 1.807) is 28.0 Å². The minimum atomic E-state index is -4.69. The summed E-state index contributed by atoms with van der Waals surface area (Å²) in [4.78, 5) is 16.5. The average Bonchev–Trinajstić information content (AvgIpc) is 3.67. The van der Waals surface area contributed by atoms with E-state index in [0.717, 1.165) is 5.56 Å². The number of aromatic nitrogens is 2. The van der Waals surface area contributed by atoms with Crippen LogP contribution in [0.2, 0.25) is 0 Å². The summed E-state index contributed by atoms with van der Waals surface area (Å²) in [5.74, 6) is -3.65. The van der Waals surface area contributed by atoms with Crippen LogP contribution in [0.15, 0.2) is 30.5 Å². The number of nitrogens with zero attached hydrogens (tertiary/aromatic N) is 3. The van der Waals surface area contributed by atoms with Gasteiger partial charge in [-0.3, -0.25) is 4.79 Å². The fourth-order valence-electron chi connectivity index (χ4n) is 4.64. The number of aryl methyl sites for hydroxylation is 1. The summed E-state index contributed by atoms with van der Waals surface area (Å²) in [6.45, 7) is 0.610. The van der Waals surface area contributed by atoms with Crippen molar-refractivity contribution in [1.29, 1.82) is 0 Å². The third kappa shape index (κ3) is 5.77. The zero-order valence-corrected chi connectivity index (χ0v) is 21.6. The Labute approximate surface area is 220 Å². The van der Waals surface area contributed by atoms with Crippen molar-refractivity contribution in [3.8, 4) is 11.3 Å². The first-order chi connectivity index (χ1) is 18.3. The van der Waals surface area contributed by atoms with Gasteiger partial charge in [-0.2, -0.15) is 17.5 Å². The van der Waals surface area contributed by atoms with E-state index in [0.29, 0.717) is 36.3 Å². The second kappa shape index (κ2) is 10.1. The number of halogens is 5. The van der Waals surface area contributed by atoms with Crippen LogP contribution in [0.3, 0.4) is 0 Å². The number of ether oxygens (including phenoxy) is 1. The highest BCUT2D eigenvalue weighted by molar-refractivity contribution is 7.90. The highest BCUT2D eigenvalue weighted by Gasteiger charge is 2.42. The maximum atomic E-state index is 15.3. The summed E-state index contributed by atoms with van der Waals surface area (Å²) in [7, 11) is -3.45. The lowest BCUT2D eigenvalue weighted by molar-refractivity contribution is -0.123. The van der Waals surface area contributed by atoms with E-state index in [-0.39, 0.29) is 37.1 Å². The molecule has 1 aliphatic carbocycles. The van der Waals surface area contributed by atoms with E-state index in [1.165, 1.54) is 4.31 Å². The molecule has 1 aromatic carbocycles. The standard InChI is InChI=1S/C25H25F5N4O4S/c1-14-4-5-34-20(11-16-12-33(6-7-38-16)39(36,37)17-2-3-17)23(32-21(34)8-14)22-18(26)9-15(10-19(22)27)24(35)31-13-25(28,29)30/h4-5,8-10,16-17H,2-3,6-7,11-13H2,1H3,(H,31,35)/t16-/m0/s1. The number of fused-ring (bicyclic) bond motifs is 1. The number of hydrogen-bond acceptors (Lipinski definition) is 5. The molecule has 0 spiro atoms. The lowest BCUT2D eigenvalue weighted by Crippen LogP contribution is -2.47. The van der Waals surface area contributed by atoms with Crippen molar-refractivity contribution in [2.75, 3.05) is 26.2 Å². The van der Waals surface area contributed by atoms with Gasteiger partial charge in [0.1, 0.15) is 23.8 Å². The quantitative estimate of drug-likeness (QED) is 0.437. The van der Waals surface area contributed by atoms with Gasteiger partial charge >= 0.3 is 6.18 Å². The molecule has 3 aromatic rings. The van der Waals surface area contributed by atoms with Gasteiger partial charge in [0.25, 0.3) is 5.91 Å². The molecule has 1 aliphatic heterocycles. The van der Waals surface area contributed by atoms with Gasteiger partial charge in [0.05, 0.1) is 34.9 Å². The number of rotatable bonds is 7. The molecule has 2 fully saturated rings. The van der Waals surface area contributed by atoms with Crippen LogP contribution in [0.25, 0.3) is 16.9 Å². The fourth-order valence-corrected chi connectivity index (χ4v) is 6.50. The van der Waals surface area contributed by atoms with Gasteiger partial charge in [0, 0.05) is 31.3 Å². The molecule has 14 heteroatoms. The van der Waals surface area contributed by atoms with Gasteiger partial charge in [0.2, 0.25) is 10.0 Å². The van der Waals surface area contributed by atoms with Crippen LogP contribution >= 0.6 is 0 Å². The topological polar surface area (TPSA) is 93.0 Å². The minimum Gasteiger partial charge on any atom is -0.375 e. The van der Waals surface area contributed by atoms with Crippen molar-refractivity contribution in [3.63, 3.8) is 0 Å². The molecule has 1 saturated carbocycles. The Bertz CT molecular complexity index is 1510. The molecular formula is C25H25F5N4O4S. The van der Waals surface area contributed by atoms with Crippen LogP contribution < -0.4 is 5.32 Å². The number of morpholine rings is 1. The number of imidazole rings is 1. The van der Waals surface area contributed by atoms with Crippen molar-refractivity contribution in [1.82, 2.24) is 19.0 Å². The monoisotopic (exact) mass is 572 g/mol. The normalized spacial score (nSPS) is 19.0. The molecule has 2 aliphatic rings. The second-order valence-electron chi connectivity index (χ2n) is 9.75. The molecule has 5 rings (SSSR count). The highest BCUT2D eigenvalue weighted by atomic mass is 32.2. The molecule has 210 valence electrons. The summed E-state index contributed by atoms with van der Waals surface area (Å²) < 4.78 is 102. The largest absolute Gasteiger partial charge is 0.405 e. The fraction of sp³-hybridized carbons (Fsp3) is 0.440. The third-order valence-electron chi connectivity index (χ3n) is 6.70. The van der Waals surface area contributed by atoms with E-state index >= 15 is 8.78 Å². The van der Waals surface area contributed by atoms with Crippen molar-refractivity contribution in [2.24, 2.45) is 0 Å². The SMILES string of the molecule is Cc1ccn2c(C[C@H]3CN(S(=O)(=O)C4CC4)CCO3)c(-c3c(F)cc(C(=O)NCC(F)(F)F)cc3F)nc2c1. The Morgan fingerprint density at radius 2 is 1.87 bits per heavy atom. The molecule has 0 radical (unpaired) electrons. The Morgan fingerprint density at radius 1 is 1.18 bits per heavy atom. The first kappa shape index (κ1) is 27.5. The molecule has 0 bridgehead atoms. The van der Waals surface area contributed by atoms with Gasteiger partial charge in [-0.25, -0.2) is 22.2 Å². The summed E-state index contributed by atoms with van der Waals surface area (Å²) in [5.41, 5.74) is 0.312. The predicted octanol–water partition coefficient (Wildman–Crippen LogP) is 3.62. The smallest absolute Gasteiger partial charge is 0.375 e. The third-order valence-corrected chi connectivity index (χ3v) is 9.06. The van der Waals surface area contributed by atoms with E-state index in [4.69, 9.17) is 4.74 Å². The first-order valence-corrected chi connectivity index (χ1v) is 13.8. The predicted molar refractivity (Wildman–Crippen MR) is 131 cm³/mol. The number of alkyl halides is 3. The van der Waals surface area contributed by atoms with Crippen molar-refractivity contribution in [2.45, 2.75) is 43.7 Å².